The van der Waals surface area contributed by atoms with E-state index in [1.807, 2.05) is 12.1 Å². The molecule has 0 saturated carbocycles. The third-order valence-electron chi connectivity index (χ3n) is 2.49. The molecule has 0 aliphatic carbocycles. The number of hydrogen-bond donors (Lipinski definition) is 1. The first-order valence-corrected chi connectivity index (χ1v) is 6.06. The number of nitrogens with one attached hydrogen (secondary N) is 1. The van der Waals surface area contributed by atoms with Crippen LogP contribution in [0.1, 0.15) is 37.9 Å². The van der Waals surface area contributed by atoms with Gasteiger partial charge in [-0.1, -0.05) is 36.2 Å². The van der Waals surface area contributed by atoms with Gasteiger partial charge < -0.3 is 5.32 Å². The van der Waals surface area contributed by atoms with Gasteiger partial charge in [0.2, 0.25) is 0 Å². The van der Waals surface area contributed by atoms with Crippen LogP contribution < -0.4 is 5.32 Å². The van der Waals surface area contributed by atoms with E-state index in [0.29, 0.717) is 0 Å². The molecule has 88 valence electrons. The topological polar surface area (TPSA) is 12.0 Å². The molecule has 0 fully saturated rings. The largest absolute Gasteiger partial charge is 0.307 e. The number of hydrogen-bond acceptors (Lipinski definition) is 1. The molecule has 1 N–H and O–H groups in total. The van der Waals surface area contributed by atoms with Crippen LogP contribution in [0.3, 0.4) is 0 Å². The molecule has 0 amide bonds. The van der Waals surface area contributed by atoms with E-state index in [9.17, 15) is 0 Å². The summed E-state index contributed by atoms with van der Waals surface area (Å²) in [7, 11) is 0. The van der Waals surface area contributed by atoms with Gasteiger partial charge in [-0.15, -0.1) is 0 Å². The highest BCUT2D eigenvalue weighted by Gasteiger charge is 2.09. The standard InChI is InChI=1S/C14H20ClN/c1-5-16-14(8-10(2)3)13-7-6-12(15)9-11(13)4/h6-9,14,16H,5H2,1-4H3. The van der Waals surface area contributed by atoms with E-state index in [2.05, 4.69) is 45.2 Å². The molecule has 0 aliphatic rings. The molecule has 1 atom stereocenters. The third-order valence-corrected chi connectivity index (χ3v) is 2.73. The fourth-order valence-corrected chi connectivity index (χ4v) is 2.03. The monoisotopic (exact) mass is 237 g/mol. The first kappa shape index (κ1) is 13.3. The van der Waals surface area contributed by atoms with Gasteiger partial charge in [-0.2, -0.15) is 0 Å². The fraction of sp³-hybridized carbons (Fsp3) is 0.429. The summed E-state index contributed by atoms with van der Waals surface area (Å²) in [5.74, 6) is 0. The van der Waals surface area contributed by atoms with Gasteiger partial charge in [0.05, 0.1) is 6.04 Å². The summed E-state index contributed by atoms with van der Waals surface area (Å²) < 4.78 is 0. The van der Waals surface area contributed by atoms with E-state index in [1.165, 1.54) is 16.7 Å². The summed E-state index contributed by atoms with van der Waals surface area (Å²) in [4.78, 5) is 0. The Morgan fingerprint density at radius 2 is 2.12 bits per heavy atom. The van der Waals surface area contributed by atoms with Crippen molar-refractivity contribution in [1.29, 1.82) is 0 Å². The zero-order valence-electron chi connectivity index (χ0n) is 10.5. The van der Waals surface area contributed by atoms with Crippen LogP contribution in [0.4, 0.5) is 0 Å². The van der Waals surface area contributed by atoms with Gasteiger partial charge in [-0.3, -0.25) is 0 Å². The Morgan fingerprint density at radius 1 is 1.44 bits per heavy atom. The van der Waals surface area contributed by atoms with Gasteiger partial charge in [0, 0.05) is 5.02 Å². The number of aryl methyl sites for hydroxylation is 1. The van der Waals surface area contributed by atoms with Gasteiger partial charge in [-0.25, -0.2) is 0 Å². The molecular formula is C14H20ClN. The van der Waals surface area contributed by atoms with Crippen LogP contribution in [0.25, 0.3) is 0 Å². The van der Waals surface area contributed by atoms with Crippen molar-refractivity contribution in [1.82, 2.24) is 5.32 Å². The van der Waals surface area contributed by atoms with E-state index < -0.39 is 0 Å². The van der Waals surface area contributed by atoms with Crippen molar-refractivity contribution in [3.8, 4) is 0 Å². The summed E-state index contributed by atoms with van der Waals surface area (Å²) in [6.45, 7) is 9.42. The first-order chi connectivity index (χ1) is 7.54. The smallest absolute Gasteiger partial charge is 0.0511 e. The van der Waals surface area contributed by atoms with Gasteiger partial charge in [0.25, 0.3) is 0 Å². The first-order valence-electron chi connectivity index (χ1n) is 5.69. The Morgan fingerprint density at radius 3 is 2.62 bits per heavy atom. The highest BCUT2D eigenvalue weighted by Crippen LogP contribution is 2.23. The van der Waals surface area contributed by atoms with Crippen molar-refractivity contribution < 1.29 is 0 Å². The summed E-state index contributed by atoms with van der Waals surface area (Å²) >= 11 is 5.97. The summed E-state index contributed by atoms with van der Waals surface area (Å²) in [6, 6.07) is 6.35. The fourth-order valence-electron chi connectivity index (χ4n) is 1.80. The molecule has 0 heterocycles. The molecule has 1 rings (SSSR count). The molecular weight excluding hydrogens is 218 g/mol. The average Bonchev–Trinajstić information content (AvgIpc) is 2.16. The third kappa shape index (κ3) is 3.66. The van der Waals surface area contributed by atoms with Crippen LogP contribution in [-0.2, 0) is 0 Å². The van der Waals surface area contributed by atoms with Crippen LogP contribution in [0.15, 0.2) is 29.8 Å². The lowest BCUT2D eigenvalue weighted by Gasteiger charge is -2.17. The minimum absolute atomic E-state index is 0.285. The van der Waals surface area contributed by atoms with Crippen LogP contribution in [-0.4, -0.2) is 6.54 Å². The summed E-state index contributed by atoms with van der Waals surface area (Å²) in [6.07, 6.45) is 2.25. The normalized spacial score (nSPS) is 12.3. The summed E-state index contributed by atoms with van der Waals surface area (Å²) in [5, 5.41) is 4.27. The Balaban J connectivity index is 3.05. The van der Waals surface area contributed by atoms with E-state index >= 15 is 0 Å². The van der Waals surface area contributed by atoms with Gasteiger partial charge in [-0.05, 0) is 50.6 Å². The Labute approximate surface area is 104 Å². The van der Waals surface area contributed by atoms with E-state index in [-0.39, 0.29) is 6.04 Å². The second-order valence-corrected chi connectivity index (χ2v) is 4.72. The second-order valence-electron chi connectivity index (χ2n) is 4.28. The molecule has 0 radical (unpaired) electrons. The predicted octanol–water partition coefficient (Wildman–Crippen LogP) is 4.27. The van der Waals surface area contributed by atoms with Crippen LogP contribution >= 0.6 is 11.6 Å². The van der Waals surface area contributed by atoms with Crippen molar-refractivity contribution in [2.75, 3.05) is 6.54 Å². The number of allylic oxidation sites excluding steroid dienone is 1. The average molecular weight is 238 g/mol. The molecule has 16 heavy (non-hydrogen) atoms. The van der Waals surface area contributed by atoms with Crippen molar-refractivity contribution in [3.05, 3.63) is 46.0 Å². The van der Waals surface area contributed by atoms with Gasteiger partial charge in [0.15, 0.2) is 0 Å². The number of benzene rings is 1. The highest BCUT2D eigenvalue weighted by atomic mass is 35.5. The molecule has 2 heteroatoms. The quantitative estimate of drug-likeness (QED) is 0.772. The lowest BCUT2D eigenvalue weighted by molar-refractivity contribution is 0.642. The lowest BCUT2D eigenvalue weighted by Crippen LogP contribution is -2.20. The van der Waals surface area contributed by atoms with Crippen molar-refractivity contribution in [2.45, 2.75) is 33.7 Å². The molecule has 0 saturated heterocycles. The minimum Gasteiger partial charge on any atom is -0.307 e. The number of likely N-dealkylation sites (N-methyl/N-ethyl adjacent to an activating group) is 1. The molecule has 1 unspecified atom stereocenters. The SMILES string of the molecule is CCNC(C=C(C)C)c1ccc(Cl)cc1C. The second kappa shape index (κ2) is 6.07. The molecule has 0 aliphatic heterocycles. The molecule has 0 spiro atoms. The molecule has 1 aromatic rings. The maximum Gasteiger partial charge on any atom is 0.0511 e. The van der Waals surface area contributed by atoms with Crippen molar-refractivity contribution in [3.63, 3.8) is 0 Å². The number of halogens is 1. The molecule has 1 aromatic carbocycles. The maximum absolute atomic E-state index is 5.97. The Kier molecular flexibility index (Phi) is 5.04. The predicted molar refractivity (Wildman–Crippen MR) is 72.0 cm³/mol. The van der Waals surface area contributed by atoms with E-state index in [1.54, 1.807) is 0 Å². The van der Waals surface area contributed by atoms with Crippen LogP contribution in [0.5, 0.6) is 0 Å². The Hall–Kier alpha value is -0.790. The van der Waals surface area contributed by atoms with E-state index in [4.69, 9.17) is 11.6 Å². The van der Waals surface area contributed by atoms with Crippen LogP contribution in [0.2, 0.25) is 5.02 Å². The molecule has 0 bridgehead atoms. The molecule has 0 aromatic heterocycles. The van der Waals surface area contributed by atoms with Crippen molar-refractivity contribution in [2.24, 2.45) is 0 Å². The zero-order valence-corrected chi connectivity index (χ0v) is 11.2. The zero-order chi connectivity index (χ0) is 12.1. The molecule has 1 nitrogen and oxygen atoms in total. The van der Waals surface area contributed by atoms with Gasteiger partial charge in [0.1, 0.15) is 0 Å². The van der Waals surface area contributed by atoms with Crippen LogP contribution in [0, 0.1) is 6.92 Å². The minimum atomic E-state index is 0.285. The van der Waals surface area contributed by atoms with E-state index in [0.717, 1.165) is 11.6 Å². The number of rotatable bonds is 4. The van der Waals surface area contributed by atoms with Crippen molar-refractivity contribution >= 4 is 11.6 Å². The lowest BCUT2D eigenvalue weighted by atomic mass is 9.99. The maximum atomic E-state index is 5.97. The summed E-state index contributed by atoms with van der Waals surface area (Å²) in [5.41, 5.74) is 3.85. The highest BCUT2D eigenvalue weighted by molar-refractivity contribution is 6.30. The van der Waals surface area contributed by atoms with Gasteiger partial charge >= 0.3 is 0 Å². The Bertz CT molecular complexity index is 378.